The van der Waals surface area contributed by atoms with E-state index in [0.29, 0.717) is 19.1 Å². The van der Waals surface area contributed by atoms with Gasteiger partial charge in [-0.25, -0.2) is 0 Å². The molecule has 18 heavy (non-hydrogen) atoms. The van der Waals surface area contributed by atoms with Crippen molar-refractivity contribution in [1.29, 1.82) is 0 Å². The summed E-state index contributed by atoms with van der Waals surface area (Å²) in [7, 11) is 0. The van der Waals surface area contributed by atoms with Gasteiger partial charge in [0.1, 0.15) is 0 Å². The molecule has 1 N–H and O–H groups in total. The molecule has 0 aromatic heterocycles. The Morgan fingerprint density at radius 1 is 1.50 bits per heavy atom. The number of carbonyl (C=O) groups excluding carboxylic acids is 1. The number of amides is 1. The number of hydrogen-bond acceptors (Lipinski definition) is 2. The van der Waals surface area contributed by atoms with Crippen molar-refractivity contribution in [2.24, 2.45) is 5.92 Å². The zero-order valence-corrected chi connectivity index (χ0v) is 13.7. The van der Waals surface area contributed by atoms with Crippen LogP contribution >= 0.6 is 0 Å². The normalized spacial score (nSPS) is 18.5. The fraction of sp³-hybridized carbons (Fsp3) is 0.500. The molecule has 0 aliphatic carbocycles. The summed E-state index contributed by atoms with van der Waals surface area (Å²) >= 11 is 0. The summed E-state index contributed by atoms with van der Waals surface area (Å²) in [6.07, 6.45) is 0.819. The van der Waals surface area contributed by atoms with Gasteiger partial charge in [-0.3, -0.25) is 4.79 Å². The molecule has 2 rings (SSSR count). The predicted octanol–water partition coefficient (Wildman–Crippen LogP) is 2.58. The van der Waals surface area contributed by atoms with Crippen molar-refractivity contribution in [2.45, 2.75) is 26.2 Å². The maximum absolute atomic E-state index is 11.8. The molecule has 1 fully saturated rings. The molecule has 0 saturated carbocycles. The predicted molar refractivity (Wildman–Crippen MR) is 66.9 cm³/mol. The molecule has 95 valence electrons. The first-order valence-corrected chi connectivity index (χ1v) is 6.07. The monoisotopic (exact) mass is 321 g/mol. The Morgan fingerprint density at radius 3 is 2.78 bits per heavy atom. The van der Waals surface area contributed by atoms with E-state index in [1.165, 1.54) is 0 Å². The molecule has 1 aliphatic rings. The van der Waals surface area contributed by atoms with E-state index in [4.69, 9.17) is 4.74 Å². The third-order valence-corrected chi connectivity index (χ3v) is 3.03. The van der Waals surface area contributed by atoms with E-state index in [-0.39, 0.29) is 44.5 Å². The molecular formula is C14H18NO2Y-. The van der Waals surface area contributed by atoms with E-state index >= 15 is 0 Å². The summed E-state index contributed by atoms with van der Waals surface area (Å²) in [5.41, 5.74) is 1.97. The van der Waals surface area contributed by atoms with Gasteiger partial charge in [-0.15, -0.1) is 6.07 Å². The van der Waals surface area contributed by atoms with Crippen LogP contribution in [0.4, 0.5) is 5.69 Å². The average Bonchev–Trinajstić information content (AvgIpc) is 2.83. The van der Waals surface area contributed by atoms with Crippen molar-refractivity contribution in [3.8, 4) is 0 Å². The van der Waals surface area contributed by atoms with Gasteiger partial charge in [-0.1, -0.05) is 19.5 Å². The van der Waals surface area contributed by atoms with Crippen molar-refractivity contribution in [2.75, 3.05) is 18.5 Å². The maximum atomic E-state index is 11.8. The van der Waals surface area contributed by atoms with Crippen molar-refractivity contribution < 1.29 is 42.2 Å². The Hall–Kier alpha value is -0.246. The van der Waals surface area contributed by atoms with Gasteiger partial charge in [0, 0.05) is 39.3 Å². The molecule has 1 amide bonds. The van der Waals surface area contributed by atoms with Crippen LogP contribution in [0.3, 0.4) is 0 Å². The third-order valence-electron chi connectivity index (χ3n) is 3.03. The second-order valence-corrected chi connectivity index (χ2v) is 4.74. The minimum absolute atomic E-state index is 0. The van der Waals surface area contributed by atoms with Gasteiger partial charge in [0.2, 0.25) is 5.91 Å². The zero-order chi connectivity index (χ0) is 12.3. The quantitative estimate of drug-likeness (QED) is 0.869. The number of carbonyl (C=O) groups is 1. The molecule has 1 aliphatic heterocycles. The second-order valence-electron chi connectivity index (χ2n) is 4.74. The van der Waals surface area contributed by atoms with Crippen LogP contribution < -0.4 is 5.32 Å². The third kappa shape index (κ3) is 4.15. The van der Waals surface area contributed by atoms with Crippen LogP contribution in [0.15, 0.2) is 18.2 Å². The maximum Gasteiger partial charge on any atom is 0.219 e. The molecule has 1 aromatic carbocycles. The van der Waals surface area contributed by atoms with E-state index in [2.05, 4.69) is 25.2 Å². The van der Waals surface area contributed by atoms with E-state index in [0.717, 1.165) is 17.7 Å². The zero-order valence-electron chi connectivity index (χ0n) is 10.9. The Labute approximate surface area is 134 Å². The summed E-state index contributed by atoms with van der Waals surface area (Å²) in [5.74, 6) is 0.510. The first-order valence-electron chi connectivity index (χ1n) is 6.07. The molecule has 1 aromatic rings. The Morgan fingerprint density at radius 2 is 2.28 bits per heavy atom. The average molecular weight is 321 g/mol. The van der Waals surface area contributed by atoms with E-state index < -0.39 is 0 Å². The molecule has 1 unspecified atom stereocenters. The summed E-state index contributed by atoms with van der Waals surface area (Å²) in [5, 5.41) is 2.90. The number of ether oxygens (including phenoxy) is 1. The number of anilines is 1. The van der Waals surface area contributed by atoms with E-state index in [1.54, 1.807) is 0 Å². The van der Waals surface area contributed by atoms with Gasteiger partial charge in [0.15, 0.2) is 0 Å². The van der Waals surface area contributed by atoms with E-state index in [9.17, 15) is 4.79 Å². The SMILES string of the molecule is CC(C)c1[c-]cc(NC(=O)C2CCOC2)cc1.[Y]. The minimum Gasteiger partial charge on any atom is -0.381 e. The van der Waals surface area contributed by atoms with Crippen LogP contribution in [0, 0.1) is 12.0 Å². The van der Waals surface area contributed by atoms with Gasteiger partial charge in [0.05, 0.1) is 12.5 Å². The number of rotatable bonds is 3. The molecule has 1 radical (unpaired) electrons. The van der Waals surface area contributed by atoms with Gasteiger partial charge < -0.3 is 10.1 Å². The summed E-state index contributed by atoms with van der Waals surface area (Å²) in [4.78, 5) is 11.8. The number of hydrogen-bond donors (Lipinski definition) is 1. The Balaban J connectivity index is 0.00000162. The van der Waals surface area contributed by atoms with Crippen molar-refractivity contribution >= 4 is 11.6 Å². The van der Waals surface area contributed by atoms with Gasteiger partial charge >= 0.3 is 0 Å². The van der Waals surface area contributed by atoms with Crippen molar-refractivity contribution in [3.05, 3.63) is 29.8 Å². The Kier molecular flexibility index (Phi) is 6.47. The Bertz CT molecular complexity index is 383. The molecule has 0 spiro atoms. The molecule has 1 heterocycles. The van der Waals surface area contributed by atoms with Crippen LogP contribution in [-0.4, -0.2) is 19.1 Å². The fourth-order valence-corrected chi connectivity index (χ4v) is 1.86. The molecular weight excluding hydrogens is 303 g/mol. The van der Waals surface area contributed by atoms with Gasteiger partial charge in [0.25, 0.3) is 0 Å². The van der Waals surface area contributed by atoms with Crippen LogP contribution in [-0.2, 0) is 42.2 Å². The largest absolute Gasteiger partial charge is 0.381 e. The van der Waals surface area contributed by atoms with Crippen LogP contribution in [0.1, 0.15) is 31.7 Å². The van der Waals surface area contributed by atoms with Gasteiger partial charge in [-0.05, 0) is 12.3 Å². The molecule has 3 nitrogen and oxygen atoms in total. The van der Waals surface area contributed by atoms with Crippen molar-refractivity contribution in [3.63, 3.8) is 0 Å². The summed E-state index contributed by atoms with van der Waals surface area (Å²) in [6.45, 7) is 5.48. The smallest absolute Gasteiger partial charge is 0.219 e. The van der Waals surface area contributed by atoms with E-state index in [1.807, 2.05) is 18.2 Å². The molecule has 1 atom stereocenters. The van der Waals surface area contributed by atoms with Crippen molar-refractivity contribution in [1.82, 2.24) is 0 Å². The second kappa shape index (κ2) is 7.37. The first-order chi connectivity index (χ1) is 8.16. The topological polar surface area (TPSA) is 38.3 Å². The number of nitrogens with one attached hydrogen (secondary N) is 1. The molecule has 0 bridgehead atoms. The van der Waals surface area contributed by atoms with Crippen LogP contribution in [0.25, 0.3) is 0 Å². The number of benzene rings is 1. The van der Waals surface area contributed by atoms with Gasteiger partial charge in [-0.2, -0.15) is 23.8 Å². The first kappa shape index (κ1) is 15.8. The fourth-order valence-electron chi connectivity index (χ4n) is 1.86. The summed E-state index contributed by atoms with van der Waals surface area (Å²) < 4.78 is 5.20. The summed E-state index contributed by atoms with van der Waals surface area (Å²) in [6, 6.07) is 8.96. The molecule has 4 heteroatoms. The minimum atomic E-state index is -0.000208. The molecule has 1 saturated heterocycles. The van der Waals surface area contributed by atoms with Crippen LogP contribution in [0.5, 0.6) is 0 Å². The standard InChI is InChI=1S/C14H18NO2.Y/c1-10(2)11-3-5-13(6-4-11)15-14(16)12-7-8-17-9-12;/h3,5-6,10,12H,7-9H2,1-2H3,(H,15,16);/q-1;. The van der Waals surface area contributed by atoms with Crippen LogP contribution in [0.2, 0.25) is 0 Å².